The van der Waals surface area contributed by atoms with Gasteiger partial charge in [0.1, 0.15) is 0 Å². The van der Waals surface area contributed by atoms with Crippen LogP contribution in [-0.4, -0.2) is 41.7 Å². The smallest absolute Gasteiger partial charge is 0.191 e. The Hall–Kier alpha value is -1.20. The summed E-state index contributed by atoms with van der Waals surface area (Å²) >= 11 is 1.80. The van der Waals surface area contributed by atoms with Gasteiger partial charge in [-0.05, 0) is 39.5 Å². The number of hydrogen-bond acceptors (Lipinski definition) is 3. The lowest BCUT2D eigenvalue weighted by Gasteiger charge is -2.21. The molecule has 0 heterocycles. The molecule has 4 nitrogen and oxygen atoms in total. The van der Waals surface area contributed by atoms with Crippen LogP contribution in [0.3, 0.4) is 0 Å². The second-order valence-electron chi connectivity index (χ2n) is 5.97. The molecule has 5 heteroatoms. The van der Waals surface area contributed by atoms with E-state index in [1.54, 1.807) is 11.8 Å². The SMILES string of the molecule is CCNC(=NCC(C)(C)SC)NCC(O)c1ccc(C)cc1. The van der Waals surface area contributed by atoms with Crippen LogP contribution in [0.4, 0.5) is 0 Å². The molecule has 1 rings (SSSR count). The van der Waals surface area contributed by atoms with Crippen molar-refractivity contribution in [3.8, 4) is 0 Å². The number of thioether (sulfide) groups is 1. The van der Waals surface area contributed by atoms with Crippen LogP contribution in [0, 0.1) is 6.92 Å². The van der Waals surface area contributed by atoms with Gasteiger partial charge in [-0.3, -0.25) is 4.99 Å². The van der Waals surface area contributed by atoms with E-state index in [0.717, 1.165) is 24.6 Å². The van der Waals surface area contributed by atoms with Gasteiger partial charge < -0.3 is 15.7 Å². The van der Waals surface area contributed by atoms with E-state index in [1.807, 2.05) is 38.1 Å². The van der Waals surface area contributed by atoms with Gasteiger partial charge in [-0.25, -0.2) is 0 Å². The largest absolute Gasteiger partial charge is 0.387 e. The molecule has 0 aliphatic carbocycles. The van der Waals surface area contributed by atoms with Gasteiger partial charge in [0.2, 0.25) is 0 Å². The fraction of sp³-hybridized carbons (Fsp3) is 0.588. The molecule has 0 aliphatic heterocycles. The van der Waals surface area contributed by atoms with Crippen LogP contribution < -0.4 is 10.6 Å². The summed E-state index contributed by atoms with van der Waals surface area (Å²) < 4.78 is 0.109. The minimum absolute atomic E-state index is 0.109. The van der Waals surface area contributed by atoms with Gasteiger partial charge in [-0.2, -0.15) is 11.8 Å². The number of aliphatic hydroxyl groups is 1. The highest BCUT2D eigenvalue weighted by atomic mass is 32.2. The van der Waals surface area contributed by atoms with Crippen molar-refractivity contribution in [1.82, 2.24) is 10.6 Å². The van der Waals surface area contributed by atoms with E-state index in [2.05, 4.69) is 35.7 Å². The molecule has 0 saturated heterocycles. The quantitative estimate of drug-likeness (QED) is 0.533. The van der Waals surface area contributed by atoms with E-state index in [0.29, 0.717) is 6.54 Å². The van der Waals surface area contributed by atoms with Crippen molar-refractivity contribution in [2.75, 3.05) is 25.9 Å². The standard InChI is InChI=1S/C17H29N3OS/c1-6-18-16(20-12-17(3,4)22-5)19-11-15(21)14-9-7-13(2)8-10-14/h7-10,15,21H,6,11-12H2,1-5H3,(H2,18,19,20). The van der Waals surface area contributed by atoms with Gasteiger partial charge in [-0.15, -0.1) is 0 Å². The maximum absolute atomic E-state index is 10.3. The normalized spacial score (nSPS) is 13.8. The first-order chi connectivity index (χ1) is 10.4. The molecule has 124 valence electrons. The van der Waals surface area contributed by atoms with Gasteiger partial charge in [0, 0.05) is 17.8 Å². The fourth-order valence-electron chi connectivity index (χ4n) is 1.78. The number of nitrogens with one attached hydrogen (secondary N) is 2. The highest BCUT2D eigenvalue weighted by Crippen LogP contribution is 2.21. The zero-order valence-corrected chi connectivity index (χ0v) is 15.1. The van der Waals surface area contributed by atoms with Crippen LogP contribution in [-0.2, 0) is 0 Å². The van der Waals surface area contributed by atoms with E-state index in [1.165, 1.54) is 5.56 Å². The lowest BCUT2D eigenvalue weighted by Crippen LogP contribution is -2.40. The van der Waals surface area contributed by atoms with E-state index in [4.69, 9.17) is 0 Å². The van der Waals surface area contributed by atoms with Crippen molar-refractivity contribution in [2.45, 2.75) is 38.5 Å². The molecular weight excluding hydrogens is 294 g/mol. The molecule has 0 aliphatic rings. The van der Waals surface area contributed by atoms with Crippen molar-refractivity contribution in [3.05, 3.63) is 35.4 Å². The van der Waals surface area contributed by atoms with Gasteiger partial charge in [0.05, 0.1) is 12.6 Å². The number of benzene rings is 1. The summed E-state index contributed by atoms with van der Waals surface area (Å²) in [6.07, 6.45) is 1.55. The maximum atomic E-state index is 10.3. The van der Waals surface area contributed by atoms with E-state index in [-0.39, 0.29) is 4.75 Å². The van der Waals surface area contributed by atoms with Crippen LogP contribution in [0.15, 0.2) is 29.3 Å². The second-order valence-corrected chi connectivity index (χ2v) is 7.48. The molecular formula is C17H29N3OS. The Morgan fingerprint density at radius 1 is 1.27 bits per heavy atom. The predicted octanol–water partition coefficient (Wildman–Crippen LogP) is 2.73. The third-order valence-electron chi connectivity index (χ3n) is 3.44. The Morgan fingerprint density at radius 3 is 2.45 bits per heavy atom. The van der Waals surface area contributed by atoms with Crippen LogP contribution in [0.2, 0.25) is 0 Å². The summed E-state index contributed by atoms with van der Waals surface area (Å²) in [5.74, 6) is 0.746. The van der Waals surface area contributed by atoms with Gasteiger partial charge in [0.25, 0.3) is 0 Å². The van der Waals surface area contributed by atoms with E-state index in [9.17, 15) is 5.11 Å². The summed E-state index contributed by atoms with van der Waals surface area (Å²) in [6.45, 7) is 10.4. The number of guanidine groups is 1. The average Bonchev–Trinajstić information content (AvgIpc) is 2.50. The van der Waals surface area contributed by atoms with Crippen molar-refractivity contribution >= 4 is 17.7 Å². The van der Waals surface area contributed by atoms with Crippen molar-refractivity contribution in [1.29, 1.82) is 0 Å². The summed E-state index contributed by atoms with van der Waals surface area (Å²) in [5.41, 5.74) is 2.11. The van der Waals surface area contributed by atoms with E-state index < -0.39 is 6.10 Å². The molecule has 0 radical (unpaired) electrons. The zero-order valence-electron chi connectivity index (χ0n) is 14.3. The molecule has 3 N–H and O–H groups in total. The van der Waals surface area contributed by atoms with Crippen molar-refractivity contribution in [2.24, 2.45) is 4.99 Å². The molecule has 1 aromatic carbocycles. The van der Waals surface area contributed by atoms with Gasteiger partial charge >= 0.3 is 0 Å². The van der Waals surface area contributed by atoms with Gasteiger partial charge in [-0.1, -0.05) is 29.8 Å². The number of aliphatic imine (C=N–C) groups is 1. The van der Waals surface area contributed by atoms with Crippen molar-refractivity contribution < 1.29 is 5.11 Å². The lowest BCUT2D eigenvalue weighted by molar-refractivity contribution is 0.181. The molecule has 1 aromatic rings. The molecule has 0 fully saturated rings. The number of hydrogen-bond donors (Lipinski definition) is 3. The van der Waals surface area contributed by atoms with Crippen LogP contribution in [0.25, 0.3) is 0 Å². The Balaban J connectivity index is 2.59. The lowest BCUT2D eigenvalue weighted by atomic mass is 10.1. The summed E-state index contributed by atoms with van der Waals surface area (Å²) in [5, 5.41) is 16.7. The zero-order chi connectivity index (χ0) is 16.6. The van der Waals surface area contributed by atoms with Crippen LogP contribution in [0.5, 0.6) is 0 Å². The molecule has 0 saturated carbocycles. The Morgan fingerprint density at radius 2 is 1.91 bits per heavy atom. The Labute approximate surface area is 138 Å². The second kappa shape index (κ2) is 9.06. The minimum atomic E-state index is -0.544. The van der Waals surface area contributed by atoms with Gasteiger partial charge in [0.15, 0.2) is 5.96 Å². The monoisotopic (exact) mass is 323 g/mol. The highest BCUT2D eigenvalue weighted by Gasteiger charge is 2.15. The highest BCUT2D eigenvalue weighted by molar-refractivity contribution is 7.99. The number of aryl methyl sites for hydroxylation is 1. The minimum Gasteiger partial charge on any atom is -0.387 e. The molecule has 0 aromatic heterocycles. The summed E-state index contributed by atoms with van der Waals surface area (Å²) in [7, 11) is 0. The molecule has 0 amide bonds. The maximum Gasteiger partial charge on any atom is 0.191 e. The first-order valence-electron chi connectivity index (χ1n) is 7.70. The number of rotatable bonds is 7. The number of aliphatic hydroxyl groups excluding tert-OH is 1. The predicted molar refractivity (Wildman–Crippen MR) is 97.7 cm³/mol. The topological polar surface area (TPSA) is 56.7 Å². The van der Waals surface area contributed by atoms with Crippen molar-refractivity contribution in [3.63, 3.8) is 0 Å². The first-order valence-corrected chi connectivity index (χ1v) is 8.92. The summed E-state index contributed by atoms with van der Waals surface area (Å²) in [4.78, 5) is 4.60. The summed E-state index contributed by atoms with van der Waals surface area (Å²) in [6, 6.07) is 7.95. The Kier molecular flexibility index (Phi) is 7.76. The molecule has 0 bridgehead atoms. The molecule has 0 spiro atoms. The third-order valence-corrected chi connectivity index (χ3v) is 4.67. The number of nitrogens with zero attached hydrogens (tertiary/aromatic N) is 1. The molecule has 22 heavy (non-hydrogen) atoms. The molecule has 1 atom stereocenters. The third kappa shape index (κ3) is 6.71. The molecule has 1 unspecified atom stereocenters. The van der Waals surface area contributed by atoms with Crippen LogP contribution >= 0.6 is 11.8 Å². The van der Waals surface area contributed by atoms with Crippen LogP contribution in [0.1, 0.15) is 38.0 Å². The Bertz CT molecular complexity index is 471. The average molecular weight is 324 g/mol. The van der Waals surface area contributed by atoms with E-state index >= 15 is 0 Å². The first kappa shape index (κ1) is 18.8. The fourth-order valence-corrected chi connectivity index (χ4v) is 1.97.